The first-order chi connectivity index (χ1) is 37.9. The molecule has 3 N–H and O–H groups in total. The number of hydrogen-bond acceptors (Lipinski definition) is 19. The lowest BCUT2D eigenvalue weighted by molar-refractivity contribution is -0.164. The van der Waals surface area contributed by atoms with Gasteiger partial charge in [-0.15, -0.1) is 0 Å². The van der Waals surface area contributed by atoms with E-state index in [4.69, 9.17) is 54.2 Å². The highest BCUT2D eigenvalue weighted by Crippen LogP contribution is 2.50. The predicted molar refractivity (Wildman–Crippen MR) is 285 cm³/mol. The van der Waals surface area contributed by atoms with Gasteiger partial charge in [0.15, 0.2) is 17.3 Å². The number of likely N-dealkylation sites (N-methyl/N-ethyl adjacent to an activating group) is 3. The van der Waals surface area contributed by atoms with Crippen LogP contribution in [0.25, 0.3) is 0 Å². The molecule has 448 valence electrons. The highest BCUT2D eigenvalue weighted by Gasteiger charge is 2.64. The number of Topliss-reactive ketones (excluding diaryl/α,β-unsaturated/α-hetero) is 2. The summed E-state index contributed by atoms with van der Waals surface area (Å²) in [5.74, 6) is -3.23. The van der Waals surface area contributed by atoms with Crippen LogP contribution in [0.5, 0.6) is 0 Å². The number of allylic oxidation sites excluding steroid dienone is 4. The minimum Gasteiger partial charge on any atom is -0.496 e. The van der Waals surface area contributed by atoms with Gasteiger partial charge in [-0.05, 0) is 76.9 Å². The van der Waals surface area contributed by atoms with Crippen LogP contribution in [0.15, 0.2) is 34.6 Å². The molecule has 6 rings (SSSR count). The lowest BCUT2D eigenvalue weighted by Gasteiger charge is -2.43. The number of fused-ring (bicyclic) bond motifs is 5. The van der Waals surface area contributed by atoms with E-state index in [0.717, 1.165) is 31.3 Å². The summed E-state index contributed by atoms with van der Waals surface area (Å²) in [6.45, 7) is 6.31. The molecule has 13 atom stereocenters. The highest BCUT2D eigenvalue weighted by atomic mass is 35.5. The van der Waals surface area contributed by atoms with Crippen molar-refractivity contribution < 1.29 is 91.2 Å². The molecule has 2 saturated heterocycles. The zero-order chi connectivity index (χ0) is 58.6. The number of methoxy groups -OCH3 is 2. The number of ether oxygens (including phenoxy) is 9. The molecule has 4 amide bonds. The van der Waals surface area contributed by atoms with E-state index < -0.39 is 126 Å². The molecule has 0 radical (unpaired) electrons. The zero-order valence-electron chi connectivity index (χ0n) is 47.6. The lowest BCUT2D eigenvalue weighted by atomic mass is 9.81. The average molecular weight is 1150 g/mol. The number of amides is 4. The fourth-order valence-corrected chi connectivity index (χ4v) is 11.5. The van der Waals surface area contributed by atoms with E-state index in [0.29, 0.717) is 42.9 Å². The molecule has 23 nitrogen and oxygen atoms in total. The summed E-state index contributed by atoms with van der Waals surface area (Å²) in [5.41, 5.74) is -1.86. The molecular formula is C56H83ClN4O19. The Bertz CT molecular complexity index is 2330. The Morgan fingerprint density at radius 3 is 2.29 bits per heavy atom. The number of halogens is 1. The van der Waals surface area contributed by atoms with Crippen LogP contribution in [0, 0.1) is 17.8 Å². The fourth-order valence-electron chi connectivity index (χ4n) is 11.2. The molecule has 6 aliphatic rings. The number of carbonyl (C=O) groups excluding carboxylic acids is 8. The number of esters is 2. The second-order valence-electron chi connectivity index (χ2n) is 22.5. The van der Waals surface area contributed by atoms with Gasteiger partial charge in [-0.2, -0.15) is 0 Å². The number of nitrogens with zero attached hydrogens (tertiary/aromatic N) is 3. The molecular weight excluding hydrogens is 1070 g/mol. The van der Waals surface area contributed by atoms with Crippen molar-refractivity contribution >= 4 is 59.3 Å². The smallest absolute Gasteiger partial charge is 0.410 e. The SMILES string of the molecule is COC1=C(Cl)C2CC(=C1)CC(C)CCC[C@@H](OC)[C@@]1(O)C[C@H](OC(=O)N1)[C@@H](C)[C@@H]1O[C@@]1(C)[C@@H](OC(=O)[C@H](C)N(C)C(=O)CCOC(=O)N(C)CCN(C)C(=O)OC1/C=C/CCCCC1OCC(=O)OC1C(=O)CCC1=O)CC(O)C2. The summed E-state index contributed by atoms with van der Waals surface area (Å²) in [7, 11) is 7.37. The van der Waals surface area contributed by atoms with Crippen molar-refractivity contribution in [3.8, 4) is 0 Å². The van der Waals surface area contributed by atoms with Gasteiger partial charge in [-0.25, -0.2) is 24.0 Å². The molecule has 0 aromatic carbocycles. The second-order valence-corrected chi connectivity index (χ2v) is 22.9. The number of aliphatic hydroxyl groups is 2. The van der Waals surface area contributed by atoms with Crippen LogP contribution in [0.4, 0.5) is 14.4 Å². The molecule has 2 aliphatic heterocycles. The number of aliphatic hydroxyl groups excluding tert-OH is 1. The highest BCUT2D eigenvalue weighted by molar-refractivity contribution is 6.30. The van der Waals surface area contributed by atoms with Crippen LogP contribution in [-0.4, -0.2) is 200 Å². The maximum Gasteiger partial charge on any atom is 0.410 e. The third-order valence-electron chi connectivity index (χ3n) is 16.4. The summed E-state index contributed by atoms with van der Waals surface area (Å²) in [5, 5.41) is 26.8. The Hall–Kier alpha value is -5.33. The monoisotopic (exact) mass is 1150 g/mol. The van der Waals surface area contributed by atoms with Crippen molar-refractivity contribution in [1.82, 2.24) is 20.0 Å². The maximum absolute atomic E-state index is 14.1. The molecule has 24 heteroatoms. The zero-order valence-corrected chi connectivity index (χ0v) is 48.4. The molecule has 2 saturated carbocycles. The summed E-state index contributed by atoms with van der Waals surface area (Å²) in [6, 6.07) is -1.15. The third-order valence-corrected chi connectivity index (χ3v) is 16.9. The molecule has 4 bridgehead atoms. The van der Waals surface area contributed by atoms with E-state index >= 15 is 0 Å². The molecule has 2 heterocycles. The molecule has 4 fully saturated rings. The van der Waals surface area contributed by atoms with Crippen molar-refractivity contribution in [2.75, 3.05) is 61.7 Å². The van der Waals surface area contributed by atoms with Gasteiger partial charge in [0.05, 0.1) is 36.9 Å². The Labute approximate surface area is 473 Å². The minimum atomic E-state index is -1.75. The number of hydrogen-bond donors (Lipinski definition) is 3. The van der Waals surface area contributed by atoms with Crippen LogP contribution in [-0.2, 0) is 66.6 Å². The topological polar surface area (TPSA) is 285 Å². The number of epoxide rings is 1. The van der Waals surface area contributed by atoms with E-state index in [1.165, 1.54) is 49.9 Å². The first kappa shape index (κ1) is 63.8. The number of alkyl carbamates (subject to hydrolysis) is 1. The summed E-state index contributed by atoms with van der Waals surface area (Å²) < 4.78 is 51.8. The number of rotatable bonds is 16. The molecule has 0 aromatic heterocycles. The van der Waals surface area contributed by atoms with E-state index in [9.17, 15) is 48.6 Å². The van der Waals surface area contributed by atoms with Crippen LogP contribution < -0.4 is 5.32 Å². The van der Waals surface area contributed by atoms with E-state index in [1.807, 2.05) is 19.1 Å². The average Bonchev–Trinajstić information content (AvgIpc) is 4.02. The van der Waals surface area contributed by atoms with Crippen molar-refractivity contribution in [3.05, 3.63) is 34.6 Å². The first-order valence-corrected chi connectivity index (χ1v) is 28.3. The summed E-state index contributed by atoms with van der Waals surface area (Å²) in [4.78, 5) is 107. The Morgan fingerprint density at radius 1 is 0.900 bits per heavy atom. The van der Waals surface area contributed by atoms with E-state index in [2.05, 4.69) is 12.2 Å². The van der Waals surface area contributed by atoms with Gasteiger partial charge < -0.3 is 67.5 Å². The van der Waals surface area contributed by atoms with E-state index in [-0.39, 0.29) is 70.1 Å². The molecule has 5 unspecified atom stereocenters. The number of carbonyl (C=O) groups is 8. The normalized spacial score (nSPS) is 32.2. The van der Waals surface area contributed by atoms with Crippen molar-refractivity contribution in [2.45, 2.75) is 190 Å². The van der Waals surface area contributed by atoms with Crippen molar-refractivity contribution in [1.29, 1.82) is 0 Å². The molecule has 80 heavy (non-hydrogen) atoms. The van der Waals surface area contributed by atoms with Crippen LogP contribution in [0.2, 0.25) is 0 Å². The Kier molecular flexibility index (Phi) is 22.8. The largest absolute Gasteiger partial charge is 0.496 e. The number of ketones is 2. The standard InChI is InChI=1S/C56H83ClN4O19/c1-32-15-14-18-44(73-9)56(71)30-43(76-52(68)58-56)33(2)50-55(4,80-50)45(29-37(62)28-36-26-35(25-32)27-42(72-8)48(36)57)78-51(67)34(3)61(7)46(65)21-24-74-53(69)59(5)22-23-60(6)54(70)77-41-17-13-11-10-12-16-40(41)75-31-47(66)79-49-38(63)19-20-39(49)64/h13,17,27,32-34,36-37,40-41,43-45,49-50,62,71H,10-12,14-16,18-26,28-31H2,1-9H3,(H,58,68)/b17-13+/t32?,33-,34+,36?,37?,40?,41?,43+,44-,45+,50+,55+,56+/m1/s1. The van der Waals surface area contributed by atoms with Crippen LogP contribution in [0.1, 0.15) is 124 Å². The molecule has 0 aromatic rings. The quantitative estimate of drug-likeness (QED) is 0.0574. The van der Waals surface area contributed by atoms with Gasteiger partial charge in [-0.1, -0.05) is 56.4 Å². The molecule has 4 aliphatic carbocycles. The van der Waals surface area contributed by atoms with Gasteiger partial charge in [0.25, 0.3) is 0 Å². The van der Waals surface area contributed by atoms with Crippen molar-refractivity contribution in [2.24, 2.45) is 17.8 Å². The molecule has 0 spiro atoms. The van der Waals surface area contributed by atoms with Gasteiger partial charge in [0.2, 0.25) is 12.0 Å². The van der Waals surface area contributed by atoms with Crippen LogP contribution in [0.3, 0.4) is 0 Å². The van der Waals surface area contributed by atoms with Gasteiger partial charge in [0.1, 0.15) is 55.0 Å². The van der Waals surface area contributed by atoms with E-state index in [1.54, 1.807) is 20.1 Å². The fraction of sp³-hybridized carbons (Fsp3) is 0.750. The Balaban J connectivity index is 1.02. The third kappa shape index (κ3) is 16.7. The van der Waals surface area contributed by atoms with Gasteiger partial charge in [0, 0.05) is 78.9 Å². The minimum absolute atomic E-state index is 0.0135. The van der Waals surface area contributed by atoms with Gasteiger partial charge in [-0.3, -0.25) is 19.7 Å². The second kappa shape index (κ2) is 28.6. The lowest BCUT2D eigenvalue weighted by Crippen LogP contribution is -2.64. The number of nitrogens with one attached hydrogen (secondary N) is 1. The summed E-state index contributed by atoms with van der Waals surface area (Å²) in [6.07, 6.45) is 1.60. The predicted octanol–water partition coefficient (Wildman–Crippen LogP) is 5.39. The summed E-state index contributed by atoms with van der Waals surface area (Å²) >= 11 is 6.90. The van der Waals surface area contributed by atoms with Crippen molar-refractivity contribution in [3.63, 3.8) is 0 Å². The maximum atomic E-state index is 14.1. The van der Waals surface area contributed by atoms with Gasteiger partial charge >= 0.3 is 30.2 Å². The first-order valence-electron chi connectivity index (χ1n) is 27.9. The Morgan fingerprint density at radius 2 is 1.60 bits per heavy atom. The van der Waals surface area contributed by atoms with Crippen LogP contribution >= 0.6 is 11.6 Å².